The summed E-state index contributed by atoms with van der Waals surface area (Å²) in [4.78, 5) is 22.4. The van der Waals surface area contributed by atoms with E-state index in [2.05, 4.69) is 0 Å². The van der Waals surface area contributed by atoms with E-state index in [9.17, 15) is 20.1 Å². The molecule has 3 rings (SSSR count). The molecule has 0 amide bonds. The molecule has 98 valence electrons. The Morgan fingerprint density at radius 3 is 2.50 bits per heavy atom. The lowest BCUT2D eigenvalue weighted by molar-refractivity contribution is -0.385. The summed E-state index contributed by atoms with van der Waals surface area (Å²) in [7, 11) is 0. The monoisotopic (exact) mass is 268 g/mol. The van der Waals surface area contributed by atoms with Gasteiger partial charge in [0.1, 0.15) is 5.56 Å². The van der Waals surface area contributed by atoms with E-state index in [0.29, 0.717) is 10.3 Å². The van der Waals surface area contributed by atoms with Crippen molar-refractivity contribution in [2.45, 2.75) is 0 Å². The summed E-state index contributed by atoms with van der Waals surface area (Å²) < 4.78 is 0.525. The van der Waals surface area contributed by atoms with Gasteiger partial charge in [0.05, 0.1) is 10.5 Å². The molecule has 0 fully saturated rings. The van der Waals surface area contributed by atoms with E-state index in [4.69, 9.17) is 0 Å². The van der Waals surface area contributed by atoms with E-state index >= 15 is 0 Å². The van der Waals surface area contributed by atoms with Crippen molar-refractivity contribution in [1.82, 2.24) is 0 Å². The first kappa shape index (κ1) is 12.0. The smallest absolute Gasteiger partial charge is 0.273 e. The zero-order valence-electron chi connectivity index (χ0n) is 10.1. The zero-order valence-corrected chi connectivity index (χ0v) is 10.1. The lowest BCUT2D eigenvalue weighted by Gasteiger charge is -2.01. The molecule has 0 N–H and O–H groups in total. The Kier molecular flexibility index (Phi) is 2.57. The molecular weight excluding hydrogens is 260 g/mol. The number of para-hydroxylation sites is 1. The number of nitro benzene ring substituents is 1. The molecule has 0 aliphatic carbocycles. The van der Waals surface area contributed by atoms with E-state index in [1.54, 1.807) is 24.3 Å². The Balaban J connectivity index is 2.17. The van der Waals surface area contributed by atoms with Crippen molar-refractivity contribution < 1.29 is 14.5 Å². The number of Topliss-reactive ketones (excluding diaryl/α,β-unsaturated/α-hetero) is 1. The molecule has 20 heavy (non-hydrogen) atoms. The molecule has 0 atom stereocenters. The fraction of sp³-hybridized carbons (Fsp3) is 0. The Labute approximate surface area is 113 Å². The summed E-state index contributed by atoms with van der Waals surface area (Å²) in [6.07, 6.45) is 0. The van der Waals surface area contributed by atoms with Crippen molar-refractivity contribution in [1.29, 1.82) is 0 Å². The largest absolute Gasteiger partial charge is 0.618 e. The van der Waals surface area contributed by atoms with E-state index < -0.39 is 10.7 Å². The Morgan fingerprint density at radius 1 is 1.05 bits per heavy atom. The van der Waals surface area contributed by atoms with Crippen LogP contribution in [-0.2, 0) is 0 Å². The number of carbonyl (C=O) groups excluding carboxylic acids is 1. The van der Waals surface area contributed by atoms with Gasteiger partial charge in [0.25, 0.3) is 17.2 Å². The number of nitrogens with zero attached hydrogens (tertiary/aromatic N) is 2. The summed E-state index contributed by atoms with van der Waals surface area (Å²) in [6.45, 7) is 0. The minimum atomic E-state index is -0.564. The summed E-state index contributed by atoms with van der Waals surface area (Å²) in [6, 6.07) is 11.9. The summed E-state index contributed by atoms with van der Waals surface area (Å²) in [5.41, 5.74) is 0.570. The van der Waals surface area contributed by atoms with Crippen molar-refractivity contribution in [2.75, 3.05) is 0 Å². The topological polar surface area (TPSA) is 86.3 Å². The van der Waals surface area contributed by atoms with Gasteiger partial charge in [-0.2, -0.15) is 4.74 Å². The fourth-order valence-corrected chi connectivity index (χ4v) is 2.20. The van der Waals surface area contributed by atoms with Gasteiger partial charge in [0.2, 0.25) is 5.69 Å². The van der Waals surface area contributed by atoms with Crippen LogP contribution in [0.1, 0.15) is 15.9 Å². The molecule has 0 unspecified atom stereocenters. The third kappa shape index (κ3) is 1.66. The maximum absolute atomic E-state index is 12.2. The summed E-state index contributed by atoms with van der Waals surface area (Å²) in [5, 5.41) is 22.9. The number of benzene rings is 2. The van der Waals surface area contributed by atoms with Crippen LogP contribution in [0.15, 0.2) is 48.5 Å². The number of non-ortho nitro benzene ring substituents is 1. The van der Waals surface area contributed by atoms with E-state index in [0.717, 1.165) is 0 Å². The van der Waals surface area contributed by atoms with Crippen molar-refractivity contribution in [3.63, 3.8) is 0 Å². The van der Waals surface area contributed by atoms with Crippen molar-refractivity contribution >= 4 is 22.9 Å². The first-order valence-electron chi connectivity index (χ1n) is 5.82. The third-order valence-corrected chi connectivity index (χ3v) is 3.12. The van der Waals surface area contributed by atoms with E-state index in [-0.39, 0.29) is 22.6 Å². The minimum Gasteiger partial charge on any atom is -0.618 e. The van der Waals surface area contributed by atoms with Crippen molar-refractivity contribution in [3.8, 4) is 0 Å². The number of rotatable bonds is 2. The Hall–Kier alpha value is -3.02. The molecule has 0 saturated heterocycles. The van der Waals surface area contributed by atoms with Crippen LogP contribution in [0.3, 0.4) is 0 Å². The number of hydrogen-bond donors (Lipinski definition) is 0. The molecule has 0 bridgehead atoms. The van der Waals surface area contributed by atoms with E-state index in [1.165, 1.54) is 24.3 Å². The van der Waals surface area contributed by atoms with Crippen LogP contribution >= 0.6 is 0 Å². The van der Waals surface area contributed by atoms with Gasteiger partial charge in [-0.3, -0.25) is 14.9 Å². The molecule has 2 aromatic carbocycles. The van der Waals surface area contributed by atoms with Gasteiger partial charge in [-0.05, 0) is 12.1 Å². The fourth-order valence-electron chi connectivity index (χ4n) is 2.20. The predicted octanol–water partition coefficient (Wildman–Crippen LogP) is 2.42. The molecule has 0 aromatic heterocycles. The van der Waals surface area contributed by atoms with Gasteiger partial charge in [-0.25, -0.2) is 0 Å². The minimum absolute atomic E-state index is 0.0881. The second-order valence-corrected chi connectivity index (χ2v) is 4.30. The van der Waals surface area contributed by atoms with E-state index in [1.807, 2.05) is 0 Å². The molecule has 1 heterocycles. The maximum Gasteiger partial charge on any atom is 0.273 e. The Morgan fingerprint density at radius 2 is 1.80 bits per heavy atom. The SMILES string of the molecule is O=C1C(c2cccc([N+](=O)[O-])c2)=[N+]([O-])c2ccccc21. The first-order valence-corrected chi connectivity index (χ1v) is 5.82. The molecule has 0 spiro atoms. The van der Waals surface area contributed by atoms with Gasteiger partial charge in [-0.1, -0.05) is 18.2 Å². The molecule has 0 radical (unpaired) electrons. The van der Waals surface area contributed by atoms with Crippen LogP contribution in [-0.4, -0.2) is 21.2 Å². The highest BCUT2D eigenvalue weighted by Gasteiger charge is 2.36. The number of fused-ring (bicyclic) bond motifs is 1. The van der Waals surface area contributed by atoms with Gasteiger partial charge in [-0.15, -0.1) is 0 Å². The molecule has 1 aliphatic rings. The lowest BCUT2D eigenvalue weighted by Crippen LogP contribution is -2.16. The quantitative estimate of drug-likeness (QED) is 0.362. The third-order valence-electron chi connectivity index (χ3n) is 3.12. The molecule has 2 aromatic rings. The maximum atomic E-state index is 12.2. The van der Waals surface area contributed by atoms with Crippen LogP contribution in [0.5, 0.6) is 0 Å². The standard InChI is InChI=1S/C14H8N2O4/c17-14-11-6-1-2-7-12(11)15(18)13(14)9-4-3-5-10(8-9)16(19)20/h1-8H. The second-order valence-electron chi connectivity index (χ2n) is 4.30. The molecule has 6 heteroatoms. The summed E-state index contributed by atoms with van der Waals surface area (Å²) >= 11 is 0. The highest BCUT2D eigenvalue weighted by Crippen LogP contribution is 2.28. The molecule has 1 aliphatic heterocycles. The number of hydrogen-bond acceptors (Lipinski definition) is 4. The number of ketones is 1. The van der Waals surface area contributed by atoms with Crippen molar-refractivity contribution in [3.05, 3.63) is 75.0 Å². The highest BCUT2D eigenvalue weighted by molar-refractivity contribution is 6.52. The van der Waals surface area contributed by atoms with Crippen LogP contribution < -0.4 is 0 Å². The average Bonchev–Trinajstić information content (AvgIpc) is 2.72. The summed E-state index contributed by atoms with van der Waals surface area (Å²) in [5.74, 6) is -0.420. The van der Waals surface area contributed by atoms with Gasteiger partial charge in [0.15, 0.2) is 0 Å². The highest BCUT2D eigenvalue weighted by atomic mass is 16.6. The zero-order chi connectivity index (χ0) is 14.3. The normalized spacial score (nSPS) is 13.5. The van der Waals surface area contributed by atoms with Crippen molar-refractivity contribution in [2.24, 2.45) is 0 Å². The number of carbonyl (C=O) groups is 1. The predicted molar refractivity (Wildman–Crippen MR) is 71.3 cm³/mol. The Bertz CT molecular complexity index is 780. The van der Waals surface area contributed by atoms with Crippen LogP contribution in [0.25, 0.3) is 0 Å². The number of nitro groups is 1. The lowest BCUT2D eigenvalue weighted by atomic mass is 10.0. The first-order chi connectivity index (χ1) is 9.59. The van der Waals surface area contributed by atoms with Crippen LogP contribution in [0.4, 0.5) is 11.4 Å². The molecule has 0 saturated carbocycles. The molecule has 6 nitrogen and oxygen atoms in total. The van der Waals surface area contributed by atoms with Crippen LogP contribution in [0.2, 0.25) is 0 Å². The van der Waals surface area contributed by atoms with Gasteiger partial charge >= 0.3 is 0 Å². The van der Waals surface area contributed by atoms with Gasteiger partial charge < -0.3 is 5.21 Å². The van der Waals surface area contributed by atoms with Gasteiger partial charge in [0, 0.05) is 18.2 Å². The second kappa shape index (κ2) is 4.27. The van der Waals surface area contributed by atoms with Crippen LogP contribution in [0, 0.1) is 15.3 Å². The average molecular weight is 268 g/mol. The molecular formula is C14H8N2O4.